The Morgan fingerprint density at radius 3 is 2.21 bits per heavy atom. The lowest BCUT2D eigenvalue weighted by Gasteiger charge is -2.09. The van der Waals surface area contributed by atoms with Crippen LogP contribution in [0.2, 0.25) is 0 Å². The average molecular weight is 375 g/mol. The topological polar surface area (TPSA) is 0 Å². The molecule has 0 N–H and O–H groups in total. The van der Waals surface area contributed by atoms with E-state index in [2.05, 4.69) is 90.3 Å². The lowest BCUT2D eigenvalue weighted by Crippen LogP contribution is -1.89. The molecule has 150 valence electrons. The fourth-order valence-electron chi connectivity index (χ4n) is 2.98. The first-order chi connectivity index (χ1) is 13.4. The van der Waals surface area contributed by atoms with Crippen LogP contribution in [0.3, 0.4) is 0 Å². The van der Waals surface area contributed by atoms with E-state index >= 15 is 0 Å². The van der Waals surface area contributed by atoms with E-state index in [-0.39, 0.29) is 0 Å². The summed E-state index contributed by atoms with van der Waals surface area (Å²) in [7, 11) is 0. The summed E-state index contributed by atoms with van der Waals surface area (Å²) >= 11 is 0. The Morgan fingerprint density at radius 1 is 0.964 bits per heavy atom. The molecule has 0 fully saturated rings. The molecule has 0 aromatic heterocycles. The molecule has 0 bridgehead atoms. The van der Waals surface area contributed by atoms with Crippen molar-refractivity contribution >= 4 is 5.57 Å². The molecule has 0 nitrogen and oxygen atoms in total. The number of benzene rings is 1. The van der Waals surface area contributed by atoms with E-state index in [0.29, 0.717) is 0 Å². The fourth-order valence-corrected chi connectivity index (χ4v) is 2.98. The first kappa shape index (κ1) is 23.7. The Labute approximate surface area is 173 Å². The van der Waals surface area contributed by atoms with E-state index in [1.165, 1.54) is 39.0 Å². The van der Waals surface area contributed by atoms with Crippen molar-refractivity contribution in [3.63, 3.8) is 0 Å². The van der Waals surface area contributed by atoms with Crippen LogP contribution in [0.5, 0.6) is 0 Å². The molecule has 0 saturated heterocycles. The van der Waals surface area contributed by atoms with Gasteiger partial charge >= 0.3 is 0 Å². The number of hydrogen-bond acceptors (Lipinski definition) is 0. The second-order valence-electron chi connectivity index (χ2n) is 7.55. The second kappa shape index (κ2) is 12.9. The van der Waals surface area contributed by atoms with E-state index < -0.39 is 0 Å². The summed E-state index contributed by atoms with van der Waals surface area (Å²) in [6, 6.07) is 8.97. The van der Waals surface area contributed by atoms with E-state index in [1.807, 2.05) is 12.2 Å². The van der Waals surface area contributed by atoms with Crippen LogP contribution in [0.15, 0.2) is 90.1 Å². The molecule has 0 spiro atoms. The Morgan fingerprint density at radius 2 is 1.64 bits per heavy atom. The molecule has 0 aliphatic heterocycles. The molecular formula is C28H38. The number of hydrogen-bond donors (Lipinski definition) is 0. The molecule has 0 saturated carbocycles. The summed E-state index contributed by atoms with van der Waals surface area (Å²) in [5, 5.41) is 0. The monoisotopic (exact) mass is 374 g/mol. The first-order valence-corrected chi connectivity index (χ1v) is 10.5. The van der Waals surface area contributed by atoms with Crippen molar-refractivity contribution in [3.8, 4) is 0 Å². The summed E-state index contributed by atoms with van der Waals surface area (Å²) in [5.74, 6) is 0. The van der Waals surface area contributed by atoms with Crippen molar-refractivity contribution in [3.05, 3.63) is 101 Å². The number of allylic oxidation sites excluding steroid dienone is 10. The van der Waals surface area contributed by atoms with Gasteiger partial charge in [0.1, 0.15) is 0 Å². The SMILES string of the molecule is C=C/C=C(\C=C(\C)CC)/C=C/C(=C)CCC/C(C)=C(/C)c1ccc(CC)cc1. The van der Waals surface area contributed by atoms with Crippen molar-refractivity contribution in [1.29, 1.82) is 0 Å². The molecule has 0 heteroatoms. The minimum atomic E-state index is 1.02. The van der Waals surface area contributed by atoms with Crippen molar-refractivity contribution in [2.45, 2.75) is 66.7 Å². The van der Waals surface area contributed by atoms with Crippen LogP contribution < -0.4 is 0 Å². The van der Waals surface area contributed by atoms with Crippen LogP contribution in [0.1, 0.15) is 71.4 Å². The third kappa shape index (κ3) is 8.57. The second-order valence-corrected chi connectivity index (χ2v) is 7.55. The summed E-state index contributed by atoms with van der Waals surface area (Å²) in [4.78, 5) is 0. The summed E-state index contributed by atoms with van der Waals surface area (Å²) < 4.78 is 0. The summed E-state index contributed by atoms with van der Waals surface area (Å²) in [6.07, 6.45) is 15.8. The van der Waals surface area contributed by atoms with Gasteiger partial charge in [0.2, 0.25) is 0 Å². The minimum Gasteiger partial charge on any atom is -0.0990 e. The fraction of sp³-hybridized carbons (Fsp3) is 0.357. The predicted molar refractivity (Wildman–Crippen MR) is 129 cm³/mol. The molecule has 1 rings (SSSR count). The standard InChI is InChI=1S/C28H38/c1-8-12-27(21-22(4)9-2)16-15-23(5)13-11-14-24(6)25(7)28-19-17-26(10-3)18-20-28/h8,12,15-21H,1,5,9-11,13-14H2,2-4,6-7H3/b16-15+,22-21-,25-24-,27-12-. The Hall–Kier alpha value is -2.34. The van der Waals surface area contributed by atoms with Gasteiger partial charge in [-0.3, -0.25) is 0 Å². The van der Waals surface area contributed by atoms with E-state index in [4.69, 9.17) is 0 Å². The van der Waals surface area contributed by atoms with Crippen molar-refractivity contribution < 1.29 is 0 Å². The van der Waals surface area contributed by atoms with Gasteiger partial charge in [0.05, 0.1) is 0 Å². The van der Waals surface area contributed by atoms with Crippen LogP contribution in [0.4, 0.5) is 0 Å². The van der Waals surface area contributed by atoms with Crippen LogP contribution >= 0.6 is 0 Å². The first-order valence-electron chi connectivity index (χ1n) is 10.5. The molecule has 28 heavy (non-hydrogen) atoms. The minimum absolute atomic E-state index is 1.02. The zero-order chi connectivity index (χ0) is 20.9. The van der Waals surface area contributed by atoms with Gasteiger partial charge in [-0.05, 0) is 75.1 Å². The lowest BCUT2D eigenvalue weighted by atomic mass is 9.96. The van der Waals surface area contributed by atoms with Crippen LogP contribution in [0, 0.1) is 0 Å². The Balaban J connectivity index is 2.62. The van der Waals surface area contributed by atoms with Crippen LogP contribution in [-0.4, -0.2) is 0 Å². The molecule has 0 amide bonds. The Bertz CT molecular complexity index is 761. The maximum absolute atomic E-state index is 4.23. The average Bonchev–Trinajstić information content (AvgIpc) is 2.71. The molecule has 0 heterocycles. The molecule has 0 unspecified atom stereocenters. The maximum Gasteiger partial charge on any atom is -0.0228 e. The largest absolute Gasteiger partial charge is 0.0990 e. The van der Waals surface area contributed by atoms with E-state index in [9.17, 15) is 0 Å². The number of rotatable bonds is 11. The molecule has 0 atom stereocenters. The van der Waals surface area contributed by atoms with E-state index in [1.54, 1.807) is 0 Å². The van der Waals surface area contributed by atoms with Gasteiger partial charge in [0.15, 0.2) is 0 Å². The highest BCUT2D eigenvalue weighted by Crippen LogP contribution is 2.23. The van der Waals surface area contributed by atoms with Crippen molar-refractivity contribution in [2.75, 3.05) is 0 Å². The molecule has 1 aromatic rings. The van der Waals surface area contributed by atoms with Crippen molar-refractivity contribution in [1.82, 2.24) is 0 Å². The normalized spacial score (nSPS) is 13.6. The highest BCUT2D eigenvalue weighted by molar-refractivity contribution is 5.66. The van der Waals surface area contributed by atoms with Gasteiger partial charge in [0, 0.05) is 0 Å². The maximum atomic E-state index is 4.23. The highest BCUT2D eigenvalue weighted by atomic mass is 14.1. The summed E-state index contributed by atoms with van der Waals surface area (Å²) in [6.45, 7) is 19.1. The molecule has 0 aliphatic carbocycles. The van der Waals surface area contributed by atoms with Crippen LogP contribution in [0.25, 0.3) is 5.57 Å². The van der Waals surface area contributed by atoms with Crippen LogP contribution in [-0.2, 0) is 6.42 Å². The molecule has 1 aromatic carbocycles. The summed E-state index contributed by atoms with van der Waals surface area (Å²) in [5.41, 5.74) is 9.33. The third-order valence-corrected chi connectivity index (χ3v) is 5.28. The van der Waals surface area contributed by atoms with Gasteiger partial charge in [-0.2, -0.15) is 0 Å². The zero-order valence-electron chi connectivity index (χ0n) is 18.6. The highest BCUT2D eigenvalue weighted by Gasteiger charge is 2.02. The van der Waals surface area contributed by atoms with E-state index in [0.717, 1.165) is 32.1 Å². The lowest BCUT2D eigenvalue weighted by molar-refractivity contribution is 0.817. The zero-order valence-corrected chi connectivity index (χ0v) is 18.6. The predicted octanol–water partition coefficient (Wildman–Crippen LogP) is 8.79. The van der Waals surface area contributed by atoms with Crippen molar-refractivity contribution in [2.24, 2.45) is 0 Å². The molecule has 0 radical (unpaired) electrons. The quantitative estimate of drug-likeness (QED) is 0.339. The van der Waals surface area contributed by atoms with Gasteiger partial charge in [0.25, 0.3) is 0 Å². The van der Waals surface area contributed by atoms with Gasteiger partial charge in [-0.1, -0.05) is 98.4 Å². The molecular weight excluding hydrogens is 336 g/mol. The van der Waals surface area contributed by atoms with Gasteiger partial charge in [-0.15, -0.1) is 0 Å². The van der Waals surface area contributed by atoms with Gasteiger partial charge in [-0.25, -0.2) is 0 Å². The smallest absolute Gasteiger partial charge is 0.0228 e. The Kier molecular flexibility index (Phi) is 11.0. The third-order valence-electron chi connectivity index (χ3n) is 5.28. The van der Waals surface area contributed by atoms with Gasteiger partial charge < -0.3 is 0 Å². The molecule has 0 aliphatic rings. The number of aryl methyl sites for hydroxylation is 1.